The summed E-state index contributed by atoms with van der Waals surface area (Å²) in [4.78, 5) is 11.0. The van der Waals surface area contributed by atoms with E-state index in [-0.39, 0.29) is 5.41 Å². The van der Waals surface area contributed by atoms with Crippen molar-refractivity contribution in [1.82, 2.24) is 0 Å². The summed E-state index contributed by atoms with van der Waals surface area (Å²) in [5, 5.41) is 20.0. The molecule has 4 rings (SSSR count). The average molecular weight is 375 g/mol. The van der Waals surface area contributed by atoms with E-state index in [0.717, 1.165) is 24.7 Å². The van der Waals surface area contributed by atoms with E-state index in [1.807, 2.05) is 0 Å². The molecule has 0 aromatic heterocycles. The van der Waals surface area contributed by atoms with Crippen LogP contribution in [0.2, 0.25) is 0 Å². The van der Waals surface area contributed by atoms with Crippen molar-refractivity contribution in [1.29, 1.82) is 0 Å². The quantitative estimate of drug-likeness (QED) is 0.616. The van der Waals surface area contributed by atoms with Crippen LogP contribution in [-0.4, -0.2) is 16.2 Å². The number of carboxylic acids is 1. The number of aliphatic hydroxyl groups excluding tert-OH is 1. The Morgan fingerprint density at radius 2 is 1.93 bits per heavy atom. The van der Waals surface area contributed by atoms with Gasteiger partial charge in [-0.2, -0.15) is 0 Å². The molecule has 0 radical (unpaired) electrons. The molecule has 0 saturated heterocycles. The Labute approximate surface area is 164 Å². The molecular weight excluding hydrogens is 336 g/mol. The Balaban J connectivity index is 1.56. The average Bonchev–Trinajstić information content (AvgIpc) is 2.98. The number of hydrogen-bond acceptors (Lipinski definition) is 2. The number of aliphatic carboxylic acids is 1. The molecule has 4 aliphatic rings. The van der Waals surface area contributed by atoms with E-state index in [1.54, 1.807) is 0 Å². The minimum Gasteiger partial charge on any atom is -0.512 e. The molecule has 4 aliphatic carbocycles. The molecule has 3 saturated carbocycles. The fourth-order valence-corrected chi connectivity index (χ4v) is 8.44. The van der Waals surface area contributed by atoms with Crippen molar-refractivity contribution >= 4 is 5.97 Å². The highest BCUT2D eigenvalue weighted by Gasteiger charge is 2.61. The smallest absolute Gasteiger partial charge is 0.303 e. The van der Waals surface area contributed by atoms with Gasteiger partial charge in [0.15, 0.2) is 0 Å². The number of allylic oxidation sites excluding steroid dienone is 2. The van der Waals surface area contributed by atoms with Gasteiger partial charge in [-0.15, -0.1) is 0 Å². The number of rotatable bonds is 4. The minimum absolute atomic E-state index is 0.00943. The lowest BCUT2D eigenvalue weighted by Gasteiger charge is -2.60. The molecular formula is C24H38O3. The van der Waals surface area contributed by atoms with Crippen molar-refractivity contribution in [3.63, 3.8) is 0 Å². The van der Waals surface area contributed by atoms with Gasteiger partial charge in [0.25, 0.3) is 0 Å². The molecule has 0 aromatic carbocycles. The number of hydrogen-bond donors (Lipinski definition) is 2. The van der Waals surface area contributed by atoms with E-state index >= 15 is 0 Å². The van der Waals surface area contributed by atoms with Crippen LogP contribution in [0, 0.1) is 46.3 Å². The molecule has 27 heavy (non-hydrogen) atoms. The number of fused-ring (bicyclic) bond motifs is 5. The first-order valence-electron chi connectivity index (χ1n) is 11.4. The van der Waals surface area contributed by atoms with Crippen molar-refractivity contribution in [3.8, 4) is 0 Å². The van der Waals surface area contributed by atoms with Gasteiger partial charge in [0.05, 0.1) is 5.76 Å². The van der Waals surface area contributed by atoms with Crippen molar-refractivity contribution in [2.45, 2.75) is 85.0 Å². The summed E-state index contributed by atoms with van der Waals surface area (Å²) in [5.74, 6) is 4.03. The lowest BCUT2D eigenvalue weighted by molar-refractivity contribution is -0.137. The van der Waals surface area contributed by atoms with E-state index in [0.29, 0.717) is 41.3 Å². The van der Waals surface area contributed by atoms with Gasteiger partial charge in [0, 0.05) is 11.8 Å². The van der Waals surface area contributed by atoms with Gasteiger partial charge in [0.1, 0.15) is 0 Å². The van der Waals surface area contributed by atoms with Crippen LogP contribution in [0.25, 0.3) is 0 Å². The Morgan fingerprint density at radius 3 is 2.67 bits per heavy atom. The molecule has 2 N–H and O–H groups in total. The standard InChI is InChI=1S/C24H38O3/c1-15(7-12-22(26)27)18-10-11-19-17-9-8-16-5-4-6-21(25)24(16,3)20(17)13-14-23(18,19)2/h6,15-20,25H,4-5,7-14H2,1-3H3,(H,26,27)/t15-,16?,17+,18-,19+,20+,23-,24+/m1/s1. The van der Waals surface area contributed by atoms with Crippen LogP contribution in [0.4, 0.5) is 0 Å². The predicted molar refractivity (Wildman–Crippen MR) is 107 cm³/mol. The highest BCUT2D eigenvalue weighted by molar-refractivity contribution is 5.66. The van der Waals surface area contributed by atoms with Crippen molar-refractivity contribution < 1.29 is 15.0 Å². The molecule has 3 fully saturated rings. The largest absolute Gasteiger partial charge is 0.512 e. The molecule has 0 aromatic rings. The number of carboxylic acid groups (broad SMARTS) is 1. The lowest BCUT2D eigenvalue weighted by Crippen LogP contribution is -2.53. The Morgan fingerprint density at radius 1 is 1.15 bits per heavy atom. The maximum atomic E-state index is 11.0. The van der Waals surface area contributed by atoms with Gasteiger partial charge in [-0.25, -0.2) is 0 Å². The molecule has 0 aliphatic heterocycles. The fraction of sp³-hybridized carbons (Fsp3) is 0.875. The molecule has 0 heterocycles. The summed E-state index contributed by atoms with van der Waals surface area (Å²) in [5.41, 5.74) is 0.381. The second kappa shape index (κ2) is 6.81. The van der Waals surface area contributed by atoms with E-state index in [1.165, 1.54) is 44.9 Å². The van der Waals surface area contributed by atoms with Gasteiger partial charge >= 0.3 is 5.97 Å². The maximum Gasteiger partial charge on any atom is 0.303 e. The summed E-state index contributed by atoms with van der Waals surface area (Å²) in [6.45, 7) is 7.18. The SMILES string of the molecule is C[C@H](CCC(=O)O)[C@H]1CC[C@H]2[C@@H]3CCC4CCC=C(O)[C@]4(C)[C@H]3CC[C@]12C. The van der Waals surface area contributed by atoms with E-state index < -0.39 is 5.97 Å². The second-order valence-electron chi connectivity index (χ2n) is 10.7. The topological polar surface area (TPSA) is 57.5 Å². The number of carbonyl (C=O) groups is 1. The monoisotopic (exact) mass is 374 g/mol. The highest BCUT2D eigenvalue weighted by Crippen LogP contribution is 2.68. The summed E-state index contributed by atoms with van der Waals surface area (Å²) in [6, 6.07) is 0. The summed E-state index contributed by atoms with van der Waals surface area (Å²) >= 11 is 0. The molecule has 0 amide bonds. The minimum atomic E-state index is -0.656. The molecule has 8 atom stereocenters. The van der Waals surface area contributed by atoms with Crippen LogP contribution >= 0.6 is 0 Å². The Kier molecular flexibility index (Phi) is 4.88. The van der Waals surface area contributed by atoms with Gasteiger partial charge < -0.3 is 10.2 Å². The fourth-order valence-electron chi connectivity index (χ4n) is 8.44. The van der Waals surface area contributed by atoms with Crippen LogP contribution < -0.4 is 0 Å². The van der Waals surface area contributed by atoms with Crippen LogP contribution in [-0.2, 0) is 4.79 Å². The summed E-state index contributed by atoms with van der Waals surface area (Å²) < 4.78 is 0. The highest BCUT2D eigenvalue weighted by atomic mass is 16.4. The third-order valence-electron chi connectivity index (χ3n) is 9.88. The van der Waals surface area contributed by atoms with Gasteiger partial charge in [-0.05, 0) is 105 Å². The Bertz CT molecular complexity index is 625. The first-order valence-corrected chi connectivity index (χ1v) is 11.4. The summed E-state index contributed by atoms with van der Waals surface area (Å²) in [6.07, 6.45) is 13.2. The first-order chi connectivity index (χ1) is 12.8. The van der Waals surface area contributed by atoms with Crippen LogP contribution in [0.3, 0.4) is 0 Å². The van der Waals surface area contributed by atoms with Crippen LogP contribution in [0.15, 0.2) is 11.8 Å². The molecule has 1 unspecified atom stereocenters. The second-order valence-corrected chi connectivity index (χ2v) is 10.7. The van der Waals surface area contributed by atoms with E-state index in [4.69, 9.17) is 5.11 Å². The van der Waals surface area contributed by atoms with Crippen molar-refractivity contribution in [2.24, 2.45) is 46.3 Å². The van der Waals surface area contributed by atoms with Gasteiger partial charge in [-0.3, -0.25) is 4.79 Å². The Hall–Kier alpha value is -0.990. The molecule has 3 heteroatoms. The lowest BCUT2D eigenvalue weighted by atomic mass is 9.45. The molecule has 3 nitrogen and oxygen atoms in total. The van der Waals surface area contributed by atoms with E-state index in [9.17, 15) is 9.90 Å². The summed E-state index contributed by atoms with van der Waals surface area (Å²) in [7, 11) is 0. The van der Waals surface area contributed by atoms with Crippen molar-refractivity contribution in [3.05, 3.63) is 11.8 Å². The van der Waals surface area contributed by atoms with Crippen LogP contribution in [0.5, 0.6) is 0 Å². The third kappa shape index (κ3) is 2.86. The zero-order valence-corrected chi connectivity index (χ0v) is 17.4. The zero-order chi connectivity index (χ0) is 19.4. The van der Waals surface area contributed by atoms with Crippen molar-refractivity contribution in [2.75, 3.05) is 0 Å². The van der Waals surface area contributed by atoms with E-state index in [2.05, 4.69) is 26.8 Å². The third-order valence-corrected chi connectivity index (χ3v) is 9.88. The van der Waals surface area contributed by atoms with Gasteiger partial charge in [-0.1, -0.05) is 20.8 Å². The first kappa shape index (κ1) is 19.3. The number of aliphatic hydroxyl groups is 1. The predicted octanol–water partition coefficient (Wildman–Crippen LogP) is 6.20. The maximum absolute atomic E-state index is 11.0. The zero-order valence-electron chi connectivity index (χ0n) is 17.4. The molecule has 0 bridgehead atoms. The van der Waals surface area contributed by atoms with Crippen LogP contribution in [0.1, 0.15) is 85.0 Å². The normalized spacial score (nSPS) is 47.4. The molecule has 0 spiro atoms. The molecule has 152 valence electrons. The van der Waals surface area contributed by atoms with Gasteiger partial charge in [0.2, 0.25) is 0 Å².